The van der Waals surface area contributed by atoms with Gasteiger partial charge in [0.25, 0.3) is 0 Å². The molecule has 112 valence electrons. The molecule has 2 N–H and O–H groups in total. The van der Waals surface area contributed by atoms with Gasteiger partial charge in [-0.15, -0.1) is 0 Å². The molecule has 0 atom stereocenters. The summed E-state index contributed by atoms with van der Waals surface area (Å²) in [6, 6.07) is 7.69. The highest BCUT2D eigenvalue weighted by atomic mass is 79.9. The number of ether oxygens (including phenoxy) is 2. The van der Waals surface area contributed by atoms with Crippen molar-refractivity contribution in [3.8, 4) is 17.5 Å². The Morgan fingerprint density at radius 3 is 2.52 bits per heavy atom. The molecule has 0 aliphatic carbocycles. The van der Waals surface area contributed by atoms with E-state index in [0.717, 1.165) is 0 Å². The van der Waals surface area contributed by atoms with Crippen LogP contribution in [0, 0.1) is 5.82 Å². The number of anilines is 1. The van der Waals surface area contributed by atoms with Gasteiger partial charge in [-0.25, -0.2) is 4.39 Å². The zero-order chi connectivity index (χ0) is 15.6. The number of hydrogen-bond acceptors (Lipinski definition) is 4. The lowest BCUT2D eigenvalue weighted by molar-refractivity contribution is 0.124. The molecule has 0 unspecified atom stereocenters. The molecule has 4 nitrogen and oxygen atoms in total. The van der Waals surface area contributed by atoms with E-state index in [-0.39, 0.29) is 17.5 Å². The van der Waals surface area contributed by atoms with Crippen molar-refractivity contribution in [2.45, 2.75) is 26.4 Å². The van der Waals surface area contributed by atoms with Crippen LogP contribution in [0.15, 0.2) is 34.8 Å². The predicted molar refractivity (Wildman–Crippen MR) is 83.2 cm³/mol. The van der Waals surface area contributed by atoms with Gasteiger partial charge < -0.3 is 15.2 Å². The molecule has 0 radical (unpaired) electrons. The number of halogens is 2. The van der Waals surface area contributed by atoms with E-state index in [9.17, 15) is 4.39 Å². The molecule has 0 amide bonds. The van der Waals surface area contributed by atoms with E-state index in [2.05, 4.69) is 20.9 Å². The summed E-state index contributed by atoms with van der Waals surface area (Å²) in [4.78, 5) is 4.17. The SMILES string of the molecule is CC(C)(C)Oc1nc(Oc2ccc(Br)cc2F)ccc1N. The van der Waals surface area contributed by atoms with Gasteiger partial charge >= 0.3 is 0 Å². The fourth-order valence-electron chi connectivity index (χ4n) is 1.53. The molecule has 21 heavy (non-hydrogen) atoms. The lowest BCUT2D eigenvalue weighted by Crippen LogP contribution is -2.24. The van der Waals surface area contributed by atoms with Gasteiger partial charge in [0.2, 0.25) is 11.8 Å². The summed E-state index contributed by atoms with van der Waals surface area (Å²) in [7, 11) is 0. The Bertz CT molecular complexity index is 657. The molecule has 1 heterocycles. The van der Waals surface area contributed by atoms with Gasteiger partial charge in [-0.1, -0.05) is 15.9 Å². The van der Waals surface area contributed by atoms with Crippen LogP contribution < -0.4 is 15.2 Å². The van der Waals surface area contributed by atoms with Crippen molar-refractivity contribution in [1.29, 1.82) is 0 Å². The minimum absolute atomic E-state index is 0.0807. The number of hydrogen-bond donors (Lipinski definition) is 1. The Morgan fingerprint density at radius 1 is 1.19 bits per heavy atom. The van der Waals surface area contributed by atoms with Crippen LogP contribution in [0.2, 0.25) is 0 Å². The lowest BCUT2D eigenvalue weighted by Gasteiger charge is -2.21. The van der Waals surface area contributed by atoms with Crippen molar-refractivity contribution in [2.75, 3.05) is 5.73 Å². The van der Waals surface area contributed by atoms with Crippen molar-refractivity contribution < 1.29 is 13.9 Å². The predicted octanol–water partition coefficient (Wildman–Crippen LogP) is 4.54. The molecule has 6 heteroatoms. The average molecular weight is 355 g/mol. The summed E-state index contributed by atoms with van der Waals surface area (Å²) >= 11 is 3.19. The highest BCUT2D eigenvalue weighted by Gasteiger charge is 2.16. The maximum Gasteiger partial charge on any atom is 0.241 e. The monoisotopic (exact) mass is 354 g/mol. The van der Waals surface area contributed by atoms with Gasteiger partial charge in [-0.3, -0.25) is 0 Å². The summed E-state index contributed by atoms with van der Waals surface area (Å²) in [5.74, 6) is 0.0701. The van der Waals surface area contributed by atoms with Crippen molar-refractivity contribution in [3.05, 3.63) is 40.6 Å². The van der Waals surface area contributed by atoms with Gasteiger partial charge in [0.1, 0.15) is 5.60 Å². The Labute approximate surface area is 131 Å². The highest BCUT2D eigenvalue weighted by Crippen LogP contribution is 2.30. The fraction of sp³-hybridized carbons (Fsp3) is 0.267. The zero-order valence-corrected chi connectivity index (χ0v) is 13.6. The standard InChI is InChI=1S/C15H16BrFN2O2/c1-15(2,3)21-14-11(18)5-7-13(19-14)20-12-6-4-9(16)8-10(12)17/h4-8H,18H2,1-3H3. The van der Waals surface area contributed by atoms with Crippen molar-refractivity contribution >= 4 is 21.6 Å². The molecule has 1 aromatic heterocycles. The molecule has 1 aromatic carbocycles. The van der Waals surface area contributed by atoms with Crippen LogP contribution in [-0.4, -0.2) is 10.6 Å². The first kappa shape index (κ1) is 15.6. The maximum absolute atomic E-state index is 13.7. The smallest absolute Gasteiger partial charge is 0.241 e. The minimum Gasteiger partial charge on any atom is -0.470 e. The van der Waals surface area contributed by atoms with Gasteiger partial charge in [0.15, 0.2) is 11.6 Å². The van der Waals surface area contributed by atoms with E-state index in [1.54, 1.807) is 18.2 Å². The summed E-state index contributed by atoms with van der Waals surface area (Å²) in [5.41, 5.74) is 5.77. The number of nitrogens with two attached hydrogens (primary N) is 1. The molecule has 0 bridgehead atoms. The molecule has 2 aromatic rings. The van der Waals surface area contributed by atoms with E-state index < -0.39 is 11.4 Å². The molecule has 0 aliphatic rings. The van der Waals surface area contributed by atoms with Crippen LogP contribution >= 0.6 is 15.9 Å². The van der Waals surface area contributed by atoms with E-state index in [0.29, 0.717) is 10.2 Å². The number of rotatable bonds is 3. The second-order valence-electron chi connectivity index (χ2n) is 5.44. The molecule has 0 spiro atoms. The number of nitrogen functional groups attached to an aromatic ring is 1. The third kappa shape index (κ3) is 4.32. The molecule has 0 saturated carbocycles. The Morgan fingerprint density at radius 2 is 1.90 bits per heavy atom. The first-order valence-corrected chi connectivity index (χ1v) is 7.12. The van der Waals surface area contributed by atoms with Crippen molar-refractivity contribution in [1.82, 2.24) is 4.98 Å². The van der Waals surface area contributed by atoms with Crippen LogP contribution in [0.1, 0.15) is 20.8 Å². The van der Waals surface area contributed by atoms with Crippen LogP contribution in [0.25, 0.3) is 0 Å². The lowest BCUT2D eigenvalue weighted by atomic mass is 10.2. The van der Waals surface area contributed by atoms with E-state index in [4.69, 9.17) is 15.2 Å². The van der Waals surface area contributed by atoms with Gasteiger partial charge in [-0.05, 0) is 45.0 Å². The van der Waals surface area contributed by atoms with Gasteiger partial charge in [0.05, 0.1) is 5.69 Å². The molecule has 0 aliphatic heterocycles. The Balaban J connectivity index is 2.26. The number of pyridine rings is 1. The largest absolute Gasteiger partial charge is 0.470 e. The molecular weight excluding hydrogens is 339 g/mol. The van der Waals surface area contributed by atoms with Crippen molar-refractivity contribution in [3.63, 3.8) is 0 Å². The van der Waals surface area contributed by atoms with Crippen LogP contribution in [0.5, 0.6) is 17.5 Å². The first-order chi connectivity index (χ1) is 9.74. The summed E-state index contributed by atoms with van der Waals surface area (Å²) in [6.45, 7) is 5.65. The van der Waals surface area contributed by atoms with E-state index in [1.165, 1.54) is 12.1 Å². The molecule has 2 rings (SSSR count). The van der Waals surface area contributed by atoms with Crippen LogP contribution in [0.4, 0.5) is 10.1 Å². The van der Waals surface area contributed by atoms with E-state index in [1.807, 2.05) is 20.8 Å². The summed E-state index contributed by atoms with van der Waals surface area (Å²) < 4.78 is 25.5. The van der Waals surface area contributed by atoms with Gasteiger partial charge in [0, 0.05) is 10.5 Å². The molecule has 0 saturated heterocycles. The minimum atomic E-state index is -0.485. The summed E-state index contributed by atoms with van der Waals surface area (Å²) in [6.07, 6.45) is 0. The normalized spacial score (nSPS) is 11.3. The van der Waals surface area contributed by atoms with Crippen LogP contribution in [-0.2, 0) is 0 Å². The quantitative estimate of drug-likeness (QED) is 0.879. The number of benzene rings is 1. The maximum atomic E-state index is 13.7. The fourth-order valence-corrected chi connectivity index (χ4v) is 1.87. The molecular formula is C15H16BrFN2O2. The average Bonchev–Trinajstić information content (AvgIpc) is 2.35. The Hall–Kier alpha value is -1.82. The summed E-state index contributed by atoms with van der Waals surface area (Å²) in [5, 5.41) is 0. The zero-order valence-electron chi connectivity index (χ0n) is 12.0. The number of aromatic nitrogens is 1. The molecule has 0 fully saturated rings. The van der Waals surface area contributed by atoms with Crippen LogP contribution in [0.3, 0.4) is 0 Å². The van der Waals surface area contributed by atoms with Gasteiger partial charge in [-0.2, -0.15) is 4.98 Å². The third-order valence-corrected chi connectivity index (χ3v) is 2.87. The second kappa shape index (κ2) is 5.89. The first-order valence-electron chi connectivity index (χ1n) is 6.33. The third-order valence-electron chi connectivity index (χ3n) is 2.38. The Kier molecular flexibility index (Phi) is 4.37. The van der Waals surface area contributed by atoms with Crippen molar-refractivity contribution in [2.24, 2.45) is 0 Å². The number of nitrogens with zero attached hydrogens (tertiary/aromatic N) is 1. The highest BCUT2D eigenvalue weighted by molar-refractivity contribution is 9.10. The topological polar surface area (TPSA) is 57.4 Å². The van der Waals surface area contributed by atoms with E-state index >= 15 is 0 Å². The second-order valence-corrected chi connectivity index (χ2v) is 6.35.